The smallest absolute Gasteiger partial charge is 0.306 e. The predicted molar refractivity (Wildman–Crippen MR) is 579 cm³/mol. The van der Waals surface area contributed by atoms with Crippen molar-refractivity contribution in [3.63, 3.8) is 0 Å². The highest BCUT2D eigenvalue weighted by molar-refractivity contribution is 7.11. The number of esters is 2. The number of phenolic OH excluding ortho intramolecular Hbond substituents is 1. The van der Waals surface area contributed by atoms with Crippen LogP contribution in [0.3, 0.4) is 0 Å². The first-order chi connectivity index (χ1) is 71.6. The fraction of sp³-hybridized carbons (Fsp3) is 0.348. The molecule has 12 rings (SSSR count). The molecule has 6 amide bonds. The van der Waals surface area contributed by atoms with E-state index in [0.717, 1.165) is 77.8 Å². The van der Waals surface area contributed by atoms with Crippen molar-refractivity contribution in [3.05, 3.63) is 231 Å². The maximum atomic E-state index is 13.7. The van der Waals surface area contributed by atoms with Gasteiger partial charge in [0, 0.05) is 111 Å². The summed E-state index contributed by atoms with van der Waals surface area (Å²) in [4.78, 5) is 199. The molecular formula is C115H122N6O23S5. The van der Waals surface area contributed by atoms with Crippen LogP contribution in [0, 0.1) is 108 Å². The number of nitrogens with one attached hydrogen (secondary N) is 1. The van der Waals surface area contributed by atoms with Crippen molar-refractivity contribution >= 4 is 173 Å². The van der Waals surface area contributed by atoms with Gasteiger partial charge in [0.2, 0.25) is 17.6 Å². The first-order valence-corrected chi connectivity index (χ1v) is 52.5. The number of amides is 6. The number of anilines is 5. The van der Waals surface area contributed by atoms with E-state index < -0.39 is 83.3 Å². The second kappa shape index (κ2) is 60.7. The van der Waals surface area contributed by atoms with Crippen LogP contribution in [0.1, 0.15) is 218 Å². The van der Waals surface area contributed by atoms with E-state index in [1.54, 1.807) is 167 Å². The number of phenols is 1. The van der Waals surface area contributed by atoms with Crippen LogP contribution in [-0.4, -0.2) is 146 Å². The zero-order valence-corrected chi connectivity index (χ0v) is 89.1. The average Bonchev–Trinajstić information content (AvgIpc) is 1.78. The van der Waals surface area contributed by atoms with E-state index in [0.29, 0.717) is 102 Å². The van der Waals surface area contributed by atoms with Crippen molar-refractivity contribution < 1.29 is 111 Å². The summed E-state index contributed by atoms with van der Waals surface area (Å²) in [6.45, 7) is 13.0. The topological polar surface area (TPSA) is 380 Å². The van der Waals surface area contributed by atoms with Crippen LogP contribution in [0.2, 0.25) is 0 Å². The fourth-order valence-corrected chi connectivity index (χ4v) is 21.4. The number of aryl methyl sites for hydroxylation is 5. The molecule has 5 aromatic carbocycles. The van der Waals surface area contributed by atoms with Gasteiger partial charge < -0.3 is 44.0 Å². The quantitative estimate of drug-likeness (QED) is 0.0181. The molecule has 2 fully saturated rings. The SMILES string of the molecule is C#CC(=O)CCC(=O)N(c1ccc(OC)cc1C)C(C(=O)CC1CCCC1)c1cccs1.C#CC(=O)N(c1ccc(O)cc1C)C(C(=O)CCC(=O)OCC)c1cccs1.C#CC(=O)N(c1ccc(OC)cc1C)C(C(=O)CCC(=O)O)c1cccs1.C#CC(=O)N(c1ccc(OC)cc1C)C(C(=O)CCC(=O)OCC)c1cccs1.C#CC(=O)NCCC(=O)N(c1ccc(OC)cc1C)C(C(=O)CC1CCCC1)c1cccs1. The maximum absolute atomic E-state index is 13.7. The number of nitrogens with zero attached hydrogens (tertiary/aromatic N) is 5. The number of benzene rings is 5. The van der Waals surface area contributed by atoms with Gasteiger partial charge in [0.05, 0.1) is 60.9 Å². The Kier molecular flexibility index (Phi) is 48.4. The van der Waals surface area contributed by atoms with E-state index in [-0.39, 0.29) is 118 Å². The summed E-state index contributed by atoms with van der Waals surface area (Å²) in [5.74, 6) is 7.18. The summed E-state index contributed by atoms with van der Waals surface area (Å²) < 4.78 is 30.8. The predicted octanol–water partition coefficient (Wildman–Crippen LogP) is 20.0. The zero-order chi connectivity index (χ0) is 109. The monoisotopic (exact) mass is 2110 g/mol. The van der Waals surface area contributed by atoms with Gasteiger partial charge in [-0.15, -0.1) is 88.8 Å². The molecule has 2 aliphatic carbocycles. The summed E-state index contributed by atoms with van der Waals surface area (Å²) in [6, 6.07) is 39.4. The second-order valence-electron chi connectivity index (χ2n) is 34.4. The van der Waals surface area contributed by atoms with Gasteiger partial charge in [-0.05, 0) is 266 Å². The van der Waals surface area contributed by atoms with Crippen molar-refractivity contribution in [2.24, 2.45) is 11.8 Å². The first kappa shape index (κ1) is 119. The molecular weight excluding hydrogens is 1990 g/mol. The Hall–Kier alpha value is -15.4. The number of terminal acetylenes is 5. The summed E-state index contributed by atoms with van der Waals surface area (Å²) in [5.41, 5.74) is 6.36. The van der Waals surface area contributed by atoms with E-state index in [2.05, 4.69) is 29.0 Å². The molecule has 3 N–H and O–H groups in total. The molecule has 0 bridgehead atoms. The summed E-state index contributed by atoms with van der Waals surface area (Å²) in [6.07, 6.45) is 35.3. The Bertz CT molecular complexity index is 6520. The van der Waals surface area contributed by atoms with Gasteiger partial charge in [0.1, 0.15) is 59.0 Å². The van der Waals surface area contributed by atoms with Gasteiger partial charge >= 0.3 is 35.6 Å². The minimum absolute atomic E-state index is 0.0253. The molecule has 10 aromatic rings. The number of aromatic hydroxyl groups is 1. The van der Waals surface area contributed by atoms with Crippen LogP contribution < -0.4 is 48.8 Å². The van der Waals surface area contributed by atoms with Crippen molar-refractivity contribution in [2.45, 2.75) is 201 Å². The number of hydrogen-bond acceptors (Lipinski definition) is 27. The maximum Gasteiger partial charge on any atom is 0.306 e. The Morgan fingerprint density at radius 2 is 0.644 bits per heavy atom. The highest BCUT2D eigenvalue weighted by Gasteiger charge is 2.41. The molecule has 2 aliphatic rings. The minimum atomic E-state index is -1.08. The molecule has 29 nitrogen and oxygen atoms in total. The normalized spacial score (nSPS) is 12.7. The summed E-state index contributed by atoms with van der Waals surface area (Å²) in [7, 11) is 6.25. The number of carboxylic acids is 1. The Morgan fingerprint density at radius 1 is 0.356 bits per heavy atom. The highest BCUT2D eigenvalue weighted by Crippen LogP contribution is 2.44. The van der Waals surface area contributed by atoms with Gasteiger partial charge in [-0.1, -0.05) is 81.7 Å². The van der Waals surface area contributed by atoms with Gasteiger partial charge in [-0.3, -0.25) is 96.4 Å². The van der Waals surface area contributed by atoms with Gasteiger partial charge in [-0.25, -0.2) is 0 Å². The third kappa shape index (κ3) is 34.4. The molecule has 0 spiro atoms. The molecule has 0 saturated heterocycles. The molecule has 34 heteroatoms. The molecule has 5 heterocycles. The van der Waals surface area contributed by atoms with Crippen LogP contribution >= 0.6 is 56.7 Å². The lowest BCUT2D eigenvalue weighted by Crippen LogP contribution is -2.41. The van der Waals surface area contributed by atoms with E-state index in [9.17, 15) is 77.0 Å². The summed E-state index contributed by atoms with van der Waals surface area (Å²) >= 11 is 6.89. The molecule has 780 valence electrons. The number of carboxylic acid groups (broad SMARTS) is 1. The number of carbonyl (C=O) groups is 15. The zero-order valence-electron chi connectivity index (χ0n) is 85.1. The molecule has 2 saturated carbocycles. The second-order valence-corrected chi connectivity index (χ2v) is 39.3. The van der Waals surface area contributed by atoms with Gasteiger partial charge in [-0.2, -0.15) is 0 Å². The molecule has 5 unspecified atom stereocenters. The van der Waals surface area contributed by atoms with E-state index in [1.165, 1.54) is 90.6 Å². The van der Waals surface area contributed by atoms with Crippen molar-refractivity contribution in [1.29, 1.82) is 0 Å². The van der Waals surface area contributed by atoms with Crippen LogP contribution in [0.4, 0.5) is 28.4 Å². The average molecular weight is 2120 g/mol. The third-order valence-electron chi connectivity index (χ3n) is 24.3. The molecule has 5 aromatic heterocycles. The number of methoxy groups -OCH3 is 4. The van der Waals surface area contributed by atoms with Crippen LogP contribution in [0.25, 0.3) is 0 Å². The number of ether oxygens (including phenoxy) is 6. The largest absolute Gasteiger partial charge is 0.508 e. The van der Waals surface area contributed by atoms with Gasteiger partial charge in [0.25, 0.3) is 5.91 Å². The number of rotatable bonds is 45. The number of thiophene rings is 5. The lowest BCUT2D eigenvalue weighted by atomic mass is 9.94. The fourth-order valence-electron chi connectivity index (χ4n) is 17.2. The van der Waals surface area contributed by atoms with Crippen LogP contribution in [-0.2, 0) is 81.4 Å². The van der Waals surface area contributed by atoms with Crippen LogP contribution in [0.15, 0.2) is 179 Å². The molecule has 0 aliphatic heterocycles. The minimum Gasteiger partial charge on any atom is -0.508 e. The van der Waals surface area contributed by atoms with Crippen molar-refractivity contribution in [2.75, 3.05) is 72.7 Å². The summed E-state index contributed by atoms with van der Waals surface area (Å²) in [5, 5.41) is 30.4. The number of ketones is 6. The van der Waals surface area contributed by atoms with Crippen molar-refractivity contribution in [1.82, 2.24) is 5.32 Å². The number of aliphatic carboxylic acids is 1. The Balaban J connectivity index is 0.000000227. The number of hydrogen-bond donors (Lipinski definition) is 3. The lowest BCUT2D eigenvalue weighted by molar-refractivity contribution is -0.145. The Morgan fingerprint density at radius 3 is 0.906 bits per heavy atom. The first-order valence-electron chi connectivity index (χ1n) is 48.1. The van der Waals surface area contributed by atoms with Crippen LogP contribution in [0.5, 0.6) is 28.7 Å². The molecule has 0 radical (unpaired) electrons. The van der Waals surface area contributed by atoms with Crippen molar-refractivity contribution in [3.8, 4) is 90.5 Å². The van der Waals surface area contributed by atoms with E-state index in [1.807, 2.05) is 85.3 Å². The molecule has 149 heavy (non-hydrogen) atoms. The standard InChI is InChI=1S/C26H30N2O4S.C26H29NO4S.C22H23NO5S.C21H21NO5S.C20H19NO5S/c1-4-24(30)27-14-13-25(31)28(21-12-11-20(32-3)16-18(21)2)26(23-10-7-15-33-23)22(29)17-19-8-5-6-9-19;1-4-20(28)11-14-25(30)27(22-13-12-21(31-3)16-18(22)2)26(24-10-7-15-32-24)23(29)17-19-8-5-6-9-19;1-5-20(25)23(17-10-9-16(27-4)14-15(17)3)22(19-8-7-13-29-19)18(24)11-12-21(26)28-6-2;1-4-19(25)22(16-9-8-15(23)13-14(16)3)21(18-7-6-12-28-18)17(24)10-11-20(26)27-5-2;1-4-18(23)21(15-8-7-14(26-3)12-13(15)2)20(17-6-5-11-27-17)16(22)9-10-19(24)25/h1,7,10-12,15-16,19,26H,5-6,8-9,13-14,17H2,2-3H3,(H,27,30);1,7,10,12-13,15-16,19,26H,5-6,8-9,11,14,17H2,2-3H3;1,7-10,13-14,22H,6,11-12H2,2-4H3;1,6-9,12-13,21,23H,5,10-11H2,2-3H3;1,5-8,11-12,20H,9-10H2,2-3H3,(H,24,25). The van der Waals surface area contributed by atoms with Gasteiger partial charge in [0.15, 0.2) is 28.9 Å². The lowest BCUT2D eigenvalue weighted by Gasteiger charge is -2.32. The molecule has 5 atom stereocenters. The van der Waals surface area contributed by atoms with E-state index in [4.69, 9.17) is 65.6 Å². The highest BCUT2D eigenvalue weighted by atomic mass is 32.1. The number of carbonyl (C=O) groups excluding carboxylic acids is 14. The third-order valence-corrected chi connectivity index (χ3v) is 28.9. The Labute approximate surface area is 889 Å². The number of Topliss-reactive ketones (excluding diaryl/α,β-unsaturated/α-hetero) is 6. The van der Waals surface area contributed by atoms with E-state index >= 15 is 0 Å².